The summed E-state index contributed by atoms with van der Waals surface area (Å²) >= 11 is 6.72. The van der Waals surface area contributed by atoms with Gasteiger partial charge in [0.25, 0.3) is 0 Å². The lowest BCUT2D eigenvalue weighted by molar-refractivity contribution is -0.126. The smallest absolute Gasteiger partial charge is 0.355 e. The molecule has 0 atom stereocenters. The Morgan fingerprint density at radius 3 is 2.49 bits per heavy atom. The minimum Gasteiger partial charge on any atom is -0.437 e. The van der Waals surface area contributed by atoms with Crippen LogP contribution in [0.2, 0.25) is 5.02 Å². The van der Waals surface area contributed by atoms with Crippen molar-refractivity contribution in [2.75, 3.05) is 31.1 Å². The van der Waals surface area contributed by atoms with Gasteiger partial charge in [-0.2, -0.15) is 9.97 Å². The standard InChI is InChI=1S/C30H30ClN5O3/c1-5-26(37)34-13-15-35(16-14-34)27-23-18-24(31)29(39-21-10-8-9-20(4)17-21)32-28(23)36(30(38)33-27)25-12-7-6-11-22(25)19(2)3/h5-12,17-19H,1,13-16H2,2-4H3. The fourth-order valence-electron chi connectivity index (χ4n) is 4.86. The summed E-state index contributed by atoms with van der Waals surface area (Å²) in [5, 5.41) is 0.924. The summed E-state index contributed by atoms with van der Waals surface area (Å²) in [4.78, 5) is 38.9. The first kappa shape index (κ1) is 26.4. The van der Waals surface area contributed by atoms with Gasteiger partial charge in [0.05, 0.1) is 11.1 Å². The van der Waals surface area contributed by atoms with Crippen LogP contribution in [0.3, 0.4) is 0 Å². The molecule has 0 aliphatic carbocycles. The fraction of sp³-hybridized carbons (Fsp3) is 0.267. The molecule has 1 saturated heterocycles. The predicted octanol–water partition coefficient (Wildman–Crippen LogP) is 5.49. The van der Waals surface area contributed by atoms with Crippen LogP contribution in [-0.2, 0) is 4.79 Å². The van der Waals surface area contributed by atoms with Crippen molar-refractivity contribution in [3.8, 4) is 17.3 Å². The van der Waals surface area contributed by atoms with Gasteiger partial charge in [-0.05, 0) is 54.3 Å². The summed E-state index contributed by atoms with van der Waals surface area (Å²) in [6.07, 6.45) is 1.32. The van der Waals surface area contributed by atoms with Gasteiger partial charge in [0, 0.05) is 26.2 Å². The lowest BCUT2D eigenvalue weighted by Gasteiger charge is -2.35. The molecule has 5 rings (SSSR count). The van der Waals surface area contributed by atoms with Gasteiger partial charge < -0.3 is 14.5 Å². The maximum absolute atomic E-state index is 13.7. The van der Waals surface area contributed by atoms with E-state index in [9.17, 15) is 9.59 Å². The number of rotatable bonds is 6. The van der Waals surface area contributed by atoms with Gasteiger partial charge in [-0.3, -0.25) is 4.79 Å². The highest BCUT2D eigenvalue weighted by Gasteiger charge is 2.26. The second kappa shape index (κ2) is 10.9. The summed E-state index contributed by atoms with van der Waals surface area (Å²) in [6, 6.07) is 17.1. The van der Waals surface area contributed by atoms with E-state index in [2.05, 4.69) is 25.4 Å². The fourth-order valence-corrected chi connectivity index (χ4v) is 5.05. The van der Waals surface area contributed by atoms with E-state index < -0.39 is 5.69 Å². The zero-order valence-corrected chi connectivity index (χ0v) is 23.0. The molecular weight excluding hydrogens is 514 g/mol. The van der Waals surface area contributed by atoms with Crippen molar-refractivity contribution < 1.29 is 9.53 Å². The van der Waals surface area contributed by atoms with E-state index in [1.807, 2.05) is 60.4 Å². The van der Waals surface area contributed by atoms with Gasteiger partial charge in [-0.15, -0.1) is 0 Å². The van der Waals surface area contributed by atoms with Crippen LogP contribution >= 0.6 is 11.6 Å². The summed E-state index contributed by atoms with van der Waals surface area (Å²) in [7, 11) is 0. The Morgan fingerprint density at radius 2 is 1.79 bits per heavy atom. The predicted molar refractivity (Wildman–Crippen MR) is 154 cm³/mol. The van der Waals surface area contributed by atoms with Gasteiger partial charge in [0.1, 0.15) is 16.6 Å². The molecule has 3 heterocycles. The molecule has 8 nitrogen and oxygen atoms in total. The maximum atomic E-state index is 13.7. The second-order valence-electron chi connectivity index (χ2n) is 9.85. The van der Waals surface area contributed by atoms with Crippen molar-refractivity contribution in [1.29, 1.82) is 0 Å². The normalized spacial score (nSPS) is 13.7. The third-order valence-corrected chi connectivity index (χ3v) is 7.11. The number of hydrogen-bond donors (Lipinski definition) is 0. The molecule has 1 aliphatic heterocycles. The number of carbonyl (C=O) groups excluding carboxylic acids is 1. The van der Waals surface area contributed by atoms with Gasteiger partial charge in [-0.25, -0.2) is 9.36 Å². The van der Waals surface area contributed by atoms with Crippen molar-refractivity contribution in [2.24, 2.45) is 0 Å². The van der Waals surface area contributed by atoms with Crippen LogP contribution in [-0.4, -0.2) is 51.5 Å². The molecule has 39 heavy (non-hydrogen) atoms. The van der Waals surface area contributed by atoms with Crippen LogP contribution < -0.4 is 15.3 Å². The Labute approximate surface area is 232 Å². The lowest BCUT2D eigenvalue weighted by atomic mass is 10.0. The Kier molecular flexibility index (Phi) is 7.39. The zero-order chi connectivity index (χ0) is 27.7. The molecule has 0 unspecified atom stereocenters. The van der Waals surface area contributed by atoms with E-state index in [1.165, 1.54) is 10.6 Å². The van der Waals surface area contributed by atoms with Crippen LogP contribution in [0, 0.1) is 6.92 Å². The topological polar surface area (TPSA) is 80.6 Å². The number of para-hydroxylation sites is 1. The van der Waals surface area contributed by atoms with Crippen LogP contribution in [0.15, 0.2) is 72.0 Å². The van der Waals surface area contributed by atoms with Crippen LogP contribution in [0.4, 0.5) is 5.82 Å². The average Bonchev–Trinajstić information content (AvgIpc) is 2.93. The van der Waals surface area contributed by atoms with Crippen LogP contribution in [0.5, 0.6) is 11.6 Å². The highest BCUT2D eigenvalue weighted by Crippen LogP contribution is 2.35. The van der Waals surface area contributed by atoms with E-state index in [1.54, 1.807) is 11.0 Å². The molecular formula is C30H30ClN5O3. The molecule has 0 saturated carbocycles. The lowest BCUT2D eigenvalue weighted by Crippen LogP contribution is -2.49. The quantitative estimate of drug-likeness (QED) is 0.299. The number of hydrogen-bond acceptors (Lipinski definition) is 6. The summed E-state index contributed by atoms with van der Waals surface area (Å²) < 4.78 is 7.63. The highest BCUT2D eigenvalue weighted by atomic mass is 35.5. The van der Waals surface area contributed by atoms with Crippen LogP contribution in [0.25, 0.3) is 16.7 Å². The number of aromatic nitrogens is 3. The minimum atomic E-state index is -0.452. The number of pyridine rings is 1. The van der Waals surface area contributed by atoms with Crippen molar-refractivity contribution in [1.82, 2.24) is 19.4 Å². The Balaban J connectivity index is 1.69. The Bertz CT molecular complexity index is 1620. The van der Waals surface area contributed by atoms with E-state index in [0.29, 0.717) is 59.5 Å². The van der Waals surface area contributed by atoms with E-state index in [4.69, 9.17) is 21.3 Å². The van der Waals surface area contributed by atoms with Crippen LogP contribution in [0.1, 0.15) is 30.9 Å². The number of benzene rings is 2. The number of aryl methyl sites for hydroxylation is 1. The monoisotopic (exact) mass is 543 g/mol. The molecule has 200 valence electrons. The molecule has 2 aromatic carbocycles. The molecule has 2 aromatic heterocycles. The third kappa shape index (κ3) is 5.25. The summed E-state index contributed by atoms with van der Waals surface area (Å²) in [6.45, 7) is 11.7. The number of amides is 1. The number of nitrogens with zero attached hydrogens (tertiary/aromatic N) is 5. The van der Waals surface area contributed by atoms with Crippen molar-refractivity contribution >= 4 is 34.4 Å². The zero-order valence-electron chi connectivity index (χ0n) is 22.2. The number of ether oxygens (including phenoxy) is 1. The summed E-state index contributed by atoms with van der Waals surface area (Å²) in [5.74, 6) is 1.32. The van der Waals surface area contributed by atoms with Crippen molar-refractivity contribution in [2.45, 2.75) is 26.7 Å². The summed E-state index contributed by atoms with van der Waals surface area (Å²) in [5.41, 5.74) is 2.68. The van der Waals surface area contributed by atoms with Crippen molar-refractivity contribution in [3.63, 3.8) is 0 Å². The van der Waals surface area contributed by atoms with Gasteiger partial charge >= 0.3 is 5.69 Å². The number of carbonyl (C=O) groups is 1. The molecule has 1 amide bonds. The Hall–Kier alpha value is -4.17. The number of piperazine rings is 1. The highest BCUT2D eigenvalue weighted by molar-refractivity contribution is 6.32. The first-order valence-electron chi connectivity index (χ1n) is 12.9. The van der Waals surface area contributed by atoms with Gasteiger partial charge in [0.2, 0.25) is 11.8 Å². The van der Waals surface area contributed by atoms with E-state index in [-0.39, 0.29) is 17.7 Å². The maximum Gasteiger partial charge on any atom is 0.355 e. The number of fused-ring (bicyclic) bond motifs is 1. The molecule has 1 fully saturated rings. The molecule has 0 spiro atoms. The van der Waals surface area contributed by atoms with Gasteiger partial charge in [0.15, 0.2) is 5.65 Å². The third-order valence-electron chi connectivity index (χ3n) is 6.84. The first-order chi connectivity index (χ1) is 18.8. The second-order valence-corrected chi connectivity index (χ2v) is 10.3. The largest absolute Gasteiger partial charge is 0.437 e. The molecule has 1 aliphatic rings. The molecule has 9 heteroatoms. The van der Waals surface area contributed by atoms with E-state index in [0.717, 1.165) is 11.1 Å². The van der Waals surface area contributed by atoms with E-state index >= 15 is 0 Å². The minimum absolute atomic E-state index is 0.115. The number of halogens is 1. The molecule has 0 bridgehead atoms. The van der Waals surface area contributed by atoms with Crippen molar-refractivity contribution in [3.05, 3.63) is 93.9 Å². The molecule has 4 aromatic rings. The average molecular weight is 544 g/mol. The first-order valence-corrected chi connectivity index (χ1v) is 13.3. The van der Waals surface area contributed by atoms with Gasteiger partial charge in [-0.1, -0.05) is 62.4 Å². The molecule has 0 N–H and O–H groups in total. The number of anilines is 1. The SMILES string of the molecule is C=CC(=O)N1CCN(c2nc(=O)n(-c3ccccc3C(C)C)c3nc(Oc4cccc(C)c4)c(Cl)cc23)CC1. The molecule has 0 radical (unpaired) electrons. The Morgan fingerprint density at radius 1 is 1.05 bits per heavy atom.